The van der Waals surface area contributed by atoms with Crippen LogP contribution in [0.3, 0.4) is 0 Å². The van der Waals surface area contributed by atoms with Gasteiger partial charge >= 0.3 is 0 Å². The maximum Gasteiger partial charge on any atom is 0.188 e. The van der Waals surface area contributed by atoms with Gasteiger partial charge in [-0.05, 0) is 58.7 Å². The Balaban J connectivity index is 2.29. The van der Waals surface area contributed by atoms with Crippen LogP contribution in [0, 0.1) is 13.8 Å². The molecule has 3 rings (SSSR count). The van der Waals surface area contributed by atoms with E-state index in [1.807, 2.05) is 6.07 Å². The predicted molar refractivity (Wildman–Crippen MR) is 83.4 cm³/mol. The van der Waals surface area contributed by atoms with Gasteiger partial charge in [-0.2, -0.15) is 0 Å². The van der Waals surface area contributed by atoms with E-state index in [1.165, 1.54) is 32.7 Å². The van der Waals surface area contributed by atoms with Crippen LogP contribution in [-0.2, 0) is 4.74 Å². The highest BCUT2D eigenvalue weighted by atomic mass is 16.7. The van der Waals surface area contributed by atoms with E-state index < -0.39 is 0 Å². The SMILES string of the molecule is COCOc1ccc2c(C)c3ccccc3c(C)c2c1. The van der Waals surface area contributed by atoms with Crippen molar-refractivity contribution >= 4 is 21.5 Å². The number of hydrogen-bond donors (Lipinski definition) is 0. The van der Waals surface area contributed by atoms with Crippen LogP contribution in [-0.4, -0.2) is 13.9 Å². The number of aryl methyl sites for hydroxylation is 2. The third-order valence-corrected chi connectivity index (χ3v) is 3.88. The molecule has 0 aromatic heterocycles. The second-order valence-electron chi connectivity index (χ2n) is 5.05. The Kier molecular flexibility index (Phi) is 3.33. The third kappa shape index (κ3) is 2.02. The summed E-state index contributed by atoms with van der Waals surface area (Å²) >= 11 is 0. The first-order valence-corrected chi connectivity index (χ1v) is 6.76. The van der Waals surface area contributed by atoms with E-state index >= 15 is 0 Å². The average Bonchev–Trinajstić information content (AvgIpc) is 2.50. The van der Waals surface area contributed by atoms with Crippen molar-refractivity contribution in [3.8, 4) is 5.75 Å². The molecule has 20 heavy (non-hydrogen) atoms. The van der Waals surface area contributed by atoms with E-state index in [9.17, 15) is 0 Å². The Labute approximate surface area is 118 Å². The third-order valence-electron chi connectivity index (χ3n) is 3.88. The van der Waals surface area contributed by atoms with Gasteiger partial charge < -0.3 is 9.47 Å². The molecule has 0 bridgehead atoms. The van der Waals surface area contributed by atoms with Gasteiger partial charge in [0.05, 0.1) is 0 Å². The van der Waals surface area contributed by atoms with Gasteiger partial charge in [-0.15, -0.1) is 0 Å². The molecule has 0 atom stereocenters. The summed E-state index contributed by atoms with van der Waals surface area (Å²) in [7, 11) is 1.63. The first-order chi connectivity index (χ1) is 9.72. The molecule has 3 aromatic rings. The zero-order chi connectivity index (χ0) is 14.1. The fraction of sp³-hybridized carbons (Fsp3) is 0.222. The molecule has 0 aliphatic rings. The molecule has 102 valence electrons. The van der Waals surface area contributed by atoms with Crippen molar-refractivity contribution in [2.45, 2.75) is 13.8 Å². The summed E-state index contributed by atoms with van der Waals surface area (Å²) in [5, 5.41) is 5.16. The highest BCUT2D eigenvalue weighted by Crippen LogP contribution is 2.33. The predicted octanol–water partition coefficient (Wildman–Crippen LogP) is 4.59. The molecular formula is C18H18O2. The van der Waals surface area contributed by atoms with Crippen LogP contribution in [0.25, 0.3) is 21.5 Å². The summed E-state index contributed by atoms with van der Waals surface area (Å²) in [4.78, 5) is 0. The second-order valence-corrected chi connectivity index (χ2v) is 5.05. The fourth-order valence-electron chi connectivity index (χ4n) is 2.80. The lowest BCUT2D eigenvalue weighted by atomic mass is 9.93. The van der Waals surface area contributed by atoms with Gasteiger partial charge in [0, 0.05) is 7.11 Å². The molecule has 0 aliphatic heterocycles. The zero-order valence-corrected chi connectivity index (χ0v) is 12.1. The molecule has 2 heteroatoms. The normalized spacial score (nSPS) is 11.2. The smallest absolute Gasteiger partial charge is 0.188 e. The highest BCUT2D eigenvalue weighted by Gasteiger charge is 2.09. The molecule has 0 radical (unpaired) electrons. The van der Waals surface area contributed by atoms with Gasteiger partial charge in [0.15, 0.2) is 6.79 Å². The lowest BCUT2D eigenvalue weighted by Crippen LogP contribution is -1.99. The monoisotopic (exact) mass is 266 g/mol. The van der Waals surface area contributed by atoms with Crippen molar-refractivity contribution < 1.29 is 9.47 Å². The molecule has 0 saturated heterocycles. The molecule has 0 heterocycles. The van der Waals surface area contributed by atoms with Gasteiger partial charge in [0.1, 0.15) is 5.75 Å². The van der Waals surface area contributed by atoms with Crippen LogP contribution < -0.4 is 4.74 Å². The molecule has 0 aliphatic carbocycles. The lowest BCUT2D eigenvalue weighted by molar-refractivity contribution is 0.0512. The van der Waals surface area contributed by atoms with Gasteiger partial charge in [-0.1, -0.05) is 30.3 Å². The number of hydrogen-bond acceptors (Lipinski definition) is 2. The quantitative estimate of drug-likeness (QED) is 0.510. The summed E-state index contributed by atoms with van der Waals surface area (Å²) in [6, 6.07) is 14.8. The van der Waals surface area contributed by atoms with Gasteiger partial charge in [-0.3, -0.25) is 0 Å². The first kappa shape index (κ1) is 12.9. The zero-order valence-electron chi connectivity index (χ0n) is 12.1. The van der Waals surface area contributed by atoms with Crippen LogP contribution in [0.4, 0.5) is 0 Å². The Hall–Kier alpha value is -2.06. The minimum Gasteiger partial charge on any atom is -0.468 e. The van der Waals surface area contributed by atoms with Gasteiger partial charge in [0.2, 0.25) is 0 Å². The highest BCUT2D eigenvalue weighted by molar-refractivity contribution is 6.05. The van der Waals surface area contributed by atoms with Crippen LogP contribution in [0.5, 0.6) is 5.75 Å². The van der Waals surface area contributed by atoms with Crippen molar-refractivity contribution in [2.24, 2.45) is 0 Å². The van der Waals surface area contributed by atoms with E-state index in [0.717, 1.165) is 5.75 Å². The minimum absolute atomic E-state index is 0.275. The fourth-order valence-corrected chi connectivity index (χ4v) is 2.80. The molecular weight excluding hydrogens is 248 g/mol. The van der Waals surface area contributed by atoms with Crippen molar-refractivity contribution in [1.29, 1.82) is 0 Å². The molecule has 3 aromatic carbocycles. The molecule has 0 N–H and O–H groups in total. The van der Waals surface area contributed by atoms with Gasteiger partial charge in [0.25, 0.3) is 0 Å². The number of benzene rings is 3. The topological polar surface area (TPSA) is 18.5 Å². The molecule has 0 spiro atoms. The maximum atomic E-state index is 5.55. The molecule has 0 unspecified atom stereocenters. The number of ether oxygens (including phenoxy) is 2. The average molecular weight is 266 g/mol. The van der Waals surface area contributed by atoms with Crippen LogP contribution >= 0.6 is 0 Å². The summed E-state index contributed by atoms with van der Waals surface area (Å²) in [5.41, 5.74) is 2.61. The van der Waals surface area contributed by atoms with E-state index in [4.69, 9.17) is 9.47 Å². The Bertz CT molecular complexity index is 775. The molecule has 0 saturated carbocycles. The number of methoxy groups -OCH3 is 1. The number of fused-ring (bicyclic) bond motifs is 2. The Morgan fingerprint density at radius 2 is 1.40 bits per heavy atom. The summed E-state index contributed by atoms with van der Waals surface area (Å²) in [5.74, 6) is 0.845. The molecule has 0 amide bonds. The molecule has 0 fully saturated rings. The lowest BCUT2D eigenvalue weighted by Gasteiger charge is -2.13. The molecule has 2 nitrogen and oxygen atoms in total. The minimum atomic E-state index is 0.275. The van der Waals surface area contributed by atoms with Crippen LogP contribution in [0.1, 0.15) is 11.1 Å². The Morgan fingerprint density at radius 3 is 2.05 bits per heavy atom. The Morgan fingerprint density at radius 1 is 0.800 bits per heavy atom. The van der Waals surface area contributed by atoms with Crippen molar-refractivity contribution in [3.63, 3.8) is 0 Å². The van der Waals surface area contributed by atoms with Crippen LogP contribution in [0.15, 0.2) is 42.5 Å². The maximum absolute atomic E-state index is 5.55. The summed E-state index contributed by atoms with van der Waals surface area (Å²) in [6.45, 7) is 4.63. The van der Waals surface area contributed by atoms with Crippen LogP contribution in [0.2, 0.25) is 0 Å². The summed E-state index contributed by atoms with van der Waals surface area (Å²) < 4.78 is 10.5. The van der Waals surface area contributed by atoms with Gasteiger partial charge in [-0.25, -0.2) is 0 Å². The van der Waals surface area contributed by atoms with Crippen molar-refractivity contribution in [2.75, 3.05) is 13.9 Å². The summed E-state index contributed by atoms with van der Waals surface area (Å²) in [6.07, 6.45) is 0. The first-order valence-electron chi connectivity index (χ1n) is 6.76. The standard InChI is InChI=1S/C18H18O2/c1-12-15-6-4-5-7-16(15)13(2)18-10-14(20-11-19-3)8-9-17(12)18/h4-10H,11H2,1-3H3. The largest absolute Gasteiger partial charge is 0.468 e. The van der Waals surface area contributed by atoms with E-state index in [1.54, 1.807) is 7.11 Å². The van der Waals surface area contributed by atoms with E-state index in [-0.39, 0.29) is 6.79 Å². The number of rotatable bonds is 3. The second kappa shape index (κ2) is 5.14. The van der Waals surface area contributed by atoms with E-state index in [0.29, 0.717) is 0 Å². The van der Waals surface area contributed by atoms with E-state index in [2.05, 4.69) is 50.2 Å². The van der Waals surface area contributed by atoms with Crippen molar-refractivity contribution in [3.05, 3.63) is 53.6 Å². The van der Waals surface area contributed by atoms with Crippen molar-refractivity contribution in [1.82, 2.24) is 0 Å².